The summed E-state index contributed by atoms with van der Waals surface area (Å²) in [4.78, 5) is 4.33. The Labute approximate surface area is 129 Å². The maximum Gasteiger partial charge on any atom is 0.131 e. The van der Waals surface area contributed by atoms with Gasteiger partial charge in [0.25, 0.3) is 0 Å². The SMILES string of the molecule is Cc1nc(COc2cc(F)cc(CNCC(C)C)c2)cs1. The summed E-state index contributed by atoms with van der Waals surface area (Å²) < 4.78 is 19.3. The predicted molar refractivity (Wildman–Crippen MR) is 84.1 cm³/mol. The van der Waals surface area contributed by atoms with Gasteiger partial charge in [0.2, 0.25) is 0 Å². The lowest BCUT2D eigenvalue weighted by Crippen LogP contribution is -2.19. The molecule has 2 rings (SSSR count). The Morgan fingerprint density at radius 3 is 2.81 bits per heavy atom. The van der Waals surface area contributed by atoms with Crippen molar-refractivity contribution in [1.82, 2.24) is 10.3 Å². The van der Waals surface area contributed by atoms with Gasteiger partial charge < -0.3 is 10.1 Å². The molecular formula is C16H21FN2OS. The van der Waals surface area contributed by atoms with Crippen molar-refractivity contribution in [2.24, 2.45) is 5.92 Å². The highest BCUT2D eigenvalue weighted by Gasteiger charge is 2.04. The number of thiazole rings is 1. The number of ether oxygens (including phenoxy) is 1. The number of rotatable bonds is 7. The molecule has 0 atom stereocenters. The highest BCUT2D eigenvalue weighted by atomic mass is 32.1. The summed E-state index contributed by atoms with van der Waals surface area (Å²) in [5, 5.41) is 6.26. The number of aromatic nitrogens is 1. The molecule has 0 unspecified atom stereocenters. The third-order valence-corrected chi connectivity index (χ3v) is 3.69. The zero-order valence-electron chi connectivity index (χ0n) is 12.6. The Balaban J connectivity index is 1.94. The lowest BCUT2D eigenvalue weighted by atomic mass is 10.2. The standard InChI is InChI=1S/C16H21FN2OS/c1-11(2)7-18-8-13-4-14(17)6-16(5-13)20-9-15-10-21-12(3)19-15/h4-6,10-11,18H,7-9H2,1-3H3. The van der Waals surface area contributed by atoms with Gasteiger partial charge >= 0.3 is 0 Å². The van der Waals surface area contributed by atoms with E-state index in [1.54, 1.807) is 11.3 Å². The van der Waals surface area contributed by atoms with Gasteiger partial charge in [0, 0.05) is 18.0 Å². The van der Waals surface area contributed by atoms with Crippen LogP contribution in [0.3, 0.4) is 0 Å². The van der Waals surface area contributed by atoms with Gasteiger partial charge in [-0.3, -0.25) is 0 Å². The number of hydrogen-bond donors (Lipinski definition) is 1. The Bertz CT molecular complexity index is 583. The molecular weight excluding hydrogens is 287 g/mol. The van der Waals surface area contributed by atoms with E-state index in [4.69, 9.17) is 4.74 Å². The molecule has 21 heavy (non-hydrogen) atoms. The zero-order valence-corrected chi connectivity index (χ0v) is 13.5. The van der Waals surface area contributed by atoms with E-state index in [-0.39, 0.29) is 5.82 Å². The van der Waals surface area contributed by atoms with Crippen molar-refractivity contribution in [3.05, 3.63) is 45.7 Å². The van der Waals surface area contributed by atoms with Crippen LogP contribution in [0.2, 0.25) is 0 Å². The summed E-state index contributed by atoms with van der Waals surface area (Å²) in [6.45, 7) is 8.15. The second kappa shape index (κ2) is 7.52. The fourth-order valence-electron chi connectivity index (χ4n) is 1.94. The van der Waals surface area contributed by atoms with E-state index >= 15 is 0 Å². The van der Waals surface area contributed by atoms with E-state index in [1.165, 1.54) is 12.1 Å². The third-order valence-electron chi connectivity index (χ3n) is 2.87. The number of aryl methyl sites for hydroxylation is 1. The van der Waals surface area contributed by atoms with Crippen LogP contribution in [0.4, 0.5) is 4.39 Å². The first-order valence-electron chi connectivity index (χ1n) is 7.07. The van der Waals surface area contributed by atoms with Gasteiger partial charge in [-0.25, -0.2) is 9.37 Å². The Morgan fingerprint density at radius 2 is 2.14 bits per heavy atom. The van der Waals surface area contributed by atoms with Gasteiger partial charge in [0.15, 0.2) is 0 Å². The molecule has 3 nitrogen and oxygen atoms in total. The van der Waals surface area contributed by atoms with Crippen LogP contribution in [0.25, 0.3) is 0 Å². The molecule has 1 heterocycles. The highest BCUT2D eigenvalue weighted by molar-refractivity contribution is 7.09. The Hall–Kier alpha value is -1.46. The molecule has 0 aliphatic carbocycles. The number of hydrogen-bond acceptors (Lipinski definition) is 4. The first-order valence-corrected chi connectivity index (χ1v) is 7.95. The van der Waals surface area contributed by atoms with Crippen LogP contribution >= 0.6 is 11.3 Å². The molecule has 0 aliphatic heterocycles. The molecule has 0 spiro atoms. The van der Waals surface area contributed by atoms with Crippen molar-refractivity contribution < 1.29 is 9.13 Å². The van der Waals surface area contributed by atoms with Gasteiger partial charge in [-0.05, 0) is 37.1 Å². The average Bonchev–Trinajstić information content (AvgIpc) is 2.81. The van der Waals surface area contributed by atoms with Crippen LogP contribution in [0.1, 0.15) is 30.1 Å². The van der Waals surface area contributed by atoms with Gasteiger partial charge in [-0.15, -0.1) is 11.3 Å². The molecule has 0 amide bonds. The van der Waals surface area contributed by atoms with Crippen LogP contribution in [-0.4, -0.2) is 11.5 Å². The van der Waals surface area contributed by atoms with Crippen LogP contribution in [0.15, 0.2) is 23.6 Å². The molecule has 1 N–H and O–H groups in total. The third kappa shape index (κ3) is 5.44. The lowest BCUT2D eigenvalue weighted by molar-refractivity contribution is 0.300. The molecule has 1 aromatic carbocycles. The van der Waals surface area contributed by atoms with Crippen molar-refractivity contribution in [3.8, 4) is 5.75 Å². The molecule has 0 saturated carbocycles. The summed E-state index contributed by atoms with van der Waals surface area (Å²) in [6, 6.07) is 4.81. The van der Waals surface area contributed by atoms with Gasteiger partial charge in [-0.1, -0.05) is 13.8 Å². The number of nitrogens with zero attached hydrogens (tertiary/aromatic N) is 1. The fraction of sp³-hybridized carbons (Fsp3) is 0.438. The molecule has 0 aliphatic rings. The lowest BCUT2D eigenvalue weighted by Gasteiger charge is -2.10. The topological polar surface area (TPSA) is 34.1 Å². The van der Waals surface area contributed by atoms with E-state index < -0.39 is 0 Å². The molecule has 5 heteroatoms. The number of halogens is 1. The van der Waals surface area contributed by atoms with Gasteiger partial charge in [0.1, 0.15) is 18.2 Å². The minimum atomic E-state index is -0.275. The van der Waals surface area contributed by atoms with Gasteiger partial charge in [0.05, 0.1) is 10.7 Å². The fourth-order valence-corrected chi connectivity index (χ4v) is 2.54. The maximum atomic E-state index is 13.6. The van der Waals surface area contributed by atoms with E-state index in [0.717, 1.165) is 22.8 Å². The second-order valence-corrected chi connectivity index (χ2v) is 6.53. The quantitative estimate of drug-likeness (QED) is 0.842. The Morgan fingerprint density at radius 1 is 1.33 bits per heavy atom. The molecule has 1 aromatic heterocycles. The maximum absolute atomic E-state index is 13.6. The van der Waals surface area contributed by atoms with Crippen molar-refractivity contribution in [1.29, 1.82) is 0 Å². The van der Waals surface area contributed by atoms with E-state index in [2.05, 4.69) is 24.1 Å². The molecule has 114 valence electrons. The highest BCUT2D eigenvalue weighted by Crippen LogP contribution is 2.18. The molecule has 0 bridgehead atoms. The summed E-state index contributed by atoms with van der Waals surface area (Å²) >= 11 is 1.58. The van der Waals surface area contributed by atoms with Crippen molar-refractivity contribution in [2.45, 2.75) is 33.9 Å². The summed E-state index contributed by atoms with van der Waals surface area (Å²) in [5.74, 6) is 0.840. The number of benzene rings is 1. The smallest absolute Gasteiger partial charge is 0.131 e. The van der Waals surface area contributed by atoms with Gasteiger partial charge in [-0.2, -0.15) is 0 Å². The molecule has 2 aromatic rings. The van der Waals surface area contributed by atoms with Crippen molar-refractivity contribution in [3.63, 3.8) is 0 Å². The van der Waals surface area contributed by atoms with E-state index in [9.17, 15) is 4.39 Å². The van der Waals surface area contributed by atoms with E-state index in [1.807, 2.05) is 18.4 Å². The summed E-state index contributed by atoms with van der Waals surface area (Å²) in [6.07, 6.45) is 0. The van der Waals surface area contributed by atoms with Crippen LogP contribution in [0.5, 0.6) is 5.75 Å². The van der Waals surface area contributed by atoms with Crippen LogP contribution in [0, 0.1) is 18.7 Å². The average molecular weight is 308 g/mol. The largest absolute Gasteiger partial charge is 0.487 e. The van der Waals surface area contributed by atoms with Crippen molar-refractivity contribution >= 4 is 11.3 Å². The van der Waals surface area contributed by atoms with Crippen LogP contribution < -0.4 is 10.1 Å². The van der Waals surface area contributed by atoms with E-state index in [0.29, 0.717) is 24.8 Å². The first kappa shape index (κ1) is 15.9. The number of nitrogens with one attached hydrogen (secondary N) is 1. The molecule has 0 saturated heterocycles. The Kier molecular flexibility index (Phi) is 5.70. The molecule has 0 fully saturated rings. The normalized spacial score (nSPS) is 11.1. The zero-order chi connectivity index (χ0) is 15.2. The van der Waals surface area contributed by atoms with Crippen molar-refractivity contribution in [2.75, 3.05) is 6.54 Å². The molecule has 0 radical (unpaired) electrons. The second-order valence-electron chi connectivity index (χ2n) is 5.47. The summed E-state index contributed by atoms with van der Waals surface area (Å²) in [7, 11) is 0. The minimum absolute atomic E-state index is 0.275. The first-order chi connectivity index (χ1) is 10.0. The minimum Gasteiger partial charge on any atom is -0.487 e. The summed E-state index contributed by atoms with van der Waals surface area (Å²) in [5.41, 5.74) is 1.77. The van der Waals surface area contributed by atoms with Crippen LogP contribution in [-0.2, 0) is 13.2 Å². The monoisotopic (exact) mass is 308 g/mol. The predicted octanol–water partition coefficient (Wildman–Crippen LogP) is 3.92.